The van der Waals surface area contributed by atoms with E-state index in [4.69, 9.17) is 24.2 Å². The summed E-state index contributed by atoms with van der Waals surface area (Å²) in [6.45, 7) is 7.68. The largest absolute Gasteiger partial charge is 0.493 e. The van der Waals surface area contributed by atoms with Gasteiger partial charge in [0.15, 0.2) is 22.5 Å². The summed E-state index contributed by atoms with van der Waals surface area (Å²) in [6.07, 6.45) is 1.07. The summed E-state index contributed by atoms with van der Waals surface area (Å²) in [6, 6.07) is 6.01. The number of nitriles is 1. The van der Waals surface area contributed by atoms with Gasteiger partial charge in [0.2, 0.25) is 5.75 Å². The van der Waals surface area contributed by atoms with Crippen LogP contribution < -0.4 is 24.4 Å². The maximum atomic E-state index is 10.1. The molecule has 2 heterocycles. The second-order valence-corrected chi connectivity index (χ2v) is 8.91. The van der Waals surface area contributed by atoms with E-state index in [1.165, 1.54) is 0 Å². The molecule has 1 aliphatic heterocycles. The Labute approximate surface area is 194 Å². The van der Waals surface area contributed by atoms with Crippen molar-refractivity contribution in [3.63, 3.8) is 0 Å². The molecule has 1 aromatic carbocycles. The molecule has 32 heavy (non-hydrogen) atoms. The van der Waals surface area contributed by atoms with E-state index in [-0.39, 0.29) is 0 Å². The van der Waals surface area contributed by atoms with Crippen molar-refractivity contribution in [1.29, 1.82) is 5.26 Å². The molecule has 9 heteroatoms. The molecule has 3 rings (SSSR count). The Balaban J connectivity index is 2.15. The molecule has 1 fully saturated rings. The predicted molar refractivity (Wildman–Crippen MR) is 127 cm³/mol. The smallest absolute Gasteiger partial charge is 0.203 e. The van der Waals surface area contributed by atoms with Crippen LogP contribution in [0.2, 0.25) is 0 Å². The molecule has 1 aromatic heterocycles. The molecule has 0 radical (unpaired) electrons. The second-order valence-electron chi connectivity index (χ2n) is 7.85. The number of nitrogens with one attached hydrogen (secondary N) is 1. The van der Waals surface area contributed by atoms with E-state index in [0.29, 0.717) is 45.4 Å². The minimum absolute atomic E-state index is 0.453. The van der Waals surface area contributed by atoms with Crippen LogP contribution in [0, 0.1) is 17.2 Å². The quantitative estimate of drug-likeness (QED) is 0.448. The van der Waals surface area contributed by atoms with Gasteiger partial charge < -0.3 is 24.4 Å². The van der Waals surface area contributed by atoms with Gasteiger partial charge in [-0.3, -0.25) is 0 Å². The molecule has 1 N–H and O–H groups in total. The van der Waals surface area contributed by atoms with Gasteiger partial charge >= 0.3 is 0 Å². The van der Waals surface area contributed by atoms with Crippen molar-refractivity contribution in [3.8, 4) is 34.6 Å². The van der Waals surface area contributed by atoms with E-state index in [9.17, 15) is 5.26 Å². The Morgan fingerprint density at radius 1 is 1.09 bits per heavy atom. The Morgan fingerprint density at radius 2 is 1.75 bits per heavy atom. The van der Waals surface area contributed by atoms with Crippen LogP contribution in [-0.2, 0) is 0 Å². The number of hydrogen-bond acceptors (Lipinski definition) is 9. The van der Waals surface area contributed by atoms with E-state index in [2.05, 4.69) is 30.1 Å². The first-order valence-corrected chi connectivity index (χ1v) is 11.7. The average molecular weight is 458 g/mol. The van der Waals surface area contributed by atoms with E-state index < -0.39 is 0 Å². The first kappa shape index (κ1) is 24.0. The monoisotopic (exact) mass is 457 g/mol. The molecule has 1 saturated heterocycles. The van der Waals surface area contributed by atoms with Gasteiger partial charge in [-0.1, -0.05) is 25.6 Å². The number of aromatic nitrogens is 2. The van der Waals surface area contributed by atoms with Crippen LogP contribution in [0.3, 0.4) is 0 Å². The standard InChI is InChI=1S/C23H31N5O3S/c1-15(2)6-11-32-23-26-20(16-12-18(29-3)21(31-5)19(13-16)30-4)17(14-24)22(27-23)28-9-7-25-8-10-28/h12-13,15,25H,6-11H2,1-5H3. The summed E-state index contributed by atoms with van der Waals surface area (Å²) in [7, 11) is 4.72. The van der Waals surface area contributed by atoms with Crippen molar-refractivity contribution in [3.05, 3.63) is 17.7 Å². The highest BCUT2D eigenvalue weighted by Gasteiger charge is 2.24. The van der Waals surface area contributed by atoms with Gasteiger partial charge in [-0.05, 0) is 24.5 Å². The molecular weight excluding hydrogens is 426 g/mol. The van der Waals surface area contributed by atoms with Crippen molar-refractivity contribution >= 4 is 17.6 Å². The molecule has 0 amide bonds. The molecule has 0 unspecified atom stereocenters. The van der Waals surface area contributed by atoms with Crippen LogP contribution in [0.5, 0.6) is 17.2 Å². The number of rotatable bonds is 9. The summed E-state index contributed by atoms with van der Waals surface area (Å²) in [5.41, 5.74) is 1.75. The van der Waals surface area contributed by atoms with E-state index in [0.717, 1.165) is 43.9 Å². The highest BCUT2D eigenvalue weighted by Crippen LogP contribution is 2.42. The third-order valence-electron chi connectivity index (χ3n) is 5.26. The van der Waals surface area contributed by atoms with Gasteiger partial charge in [-0.15, -0.1) is 0 Å². The molecule has 172 valence electrons. The molecule has 1 aliphatic rings. The number of hydrogen-bond donors (Lipinski definition) is 1. The number of ether oxygens (including phenoxy) is 3. The summed E-state index contributed by atoms with van der Waals surface area (Å²) in [5, 5.41) is 14.1. The van der Waals surface area contributed by atoms with Gasteiger partial charge in [0.1, 0.15) is 11.6 Å². The van der Waals surface area contributed by atoms with Gasteiger partial charge in [0.25, 0.3) is 0 Å². The van der Waals surface area contributed by atoms with Gasteiger partial charge in [-0.25, -0.2) is 9.97 Å². The molecule has 2 aromatic rings. The maximum Gasteiger partial charge on any atom is 0.203 e. The fraction of sp³-hybridized carbons (Fsp3) is 0.522. The van der Waals surface area contributed by atoms with Crippen molar-refractivity contribution in [1.82, 2.24) is 15.3 Å². The fourth-order valence-corrected chi connectivity index (χ4v) is 4.59. The normalized spacial score (nSPS) is 13.7. The predicted octanol–water partition coefficient (Wildman–Crippen LogP) is 3.59. The number of benzene rings is 1. The van der Waals surface area contributed by atoms with Crippen LogP contribution in [-0.4, -0.2) is 63.2 Å². The zero-order valence-electron chi connectivity index (χ0n) is 19.4. The lowest BCUT2D eigenvalue weighted by Crippen LogP contribution is -2.44. The molecule has 0 bridgehead atoms. The first-order valence-electron chi connectivity index (χ1n) is 10.7. The van der Waals surface area contributed by atoms with E-state index >= 15 is 0 Å². The Bertz CT molecular complexity index is 946. The summed E-state index contributed by atoms with van der Waals surface area (Å²) >= 11 is 1.62. The van der Waals surface area contributed by atoms with Crippen LogP contribution in [0.15, 0.2) is 17.3 Å². The molecule has 0 aliphatic carbocycles. The highest BCUT2D eigenvalue weighted by atomic mass is 32.2. The first-order chi connectivity index (χ1) is 15.5. The van der Waals surface area contributed by atoms with Crippen LogP contribution in [0.4, 0.5) is 5.82 Å². The topological polar surface area (TPSA) is 92.5 Å². The summed E-state index contributed by atoms with van der Waals surface area (Å²) < 4.78 is 16.5. The van der Waals surface area contributed by atoms with E-state index in [1.807, 2.05) is 12.1 Å². The third-order valence-corrected chi connectivity index (χ3v) is 6.14. The lowest BCUT2D eigenvalue weighted by atomic mass is 10.0. The second kappa shape index (κ2) is 11.2. The molecule has 0 atom stereocenters. The SMILES string of the molecule is COc1cc(-c2nc(SCCC(C)C)nc(N3CCNCC3)c2C#N)cc(OC)c1OC. The lowest BCUT2D eigenvalue weighted by molar-refractivity contribution is 0.324. The molecule has 0 saturated carbocycles. The lowest BCUT2D eigenvalue weighted by Gasteiger charge is -2.29. The minimum atomic E-state index is 0.453. The molecule has 8 nitrogen and oxygen atoms in total. The number of anilines is 1. The molecular formula is C23H31N5O3S. The third kappa shape index (κ3) is 5.37. The zero-order valence-corrected chi connectivity index (χ0v) is 20.2. The maximum absolute atomic E-state index is 10.1. The Hall–Kier alpha value is -2.70. The summed E-state index contributed by atoms with van der Waals surface area (Å²) in [5.74, 6) is 3.73. The Morgan fingerprint density at radius 3 is 2.28 bits per heavy atom. The number of methoxy groups -OCH3 is 3. The fourth-order valence-electron chi connectivity index (χ4n) is 3.51. The van der Waals surface area contributed by atoms with Crippen LogP contribution in [0.1, 0.15) is 25.8 Å². The van der Waals surface area contributed by atoms with Crippen molar-refractivity contribution in [2.24, 2.45) is 5.92 Å². The highest BCUT2D eigenvalue weighted by molar-refractivity contribution is 7.99. The van der Waals surface area contributed by atoms with Crippen LogP contribution >= 0.6 is 11.8 Å². The van der Waals surface area contributed by atoms with Crippen molar-refractivity contribution < 1.29 is 14.2 Å². The van der Waals surface area contributed by atoms with Crippen molar-refractivity contribution in [2.45, 2.75) is 25.4 Å². The average Bonchev–Trinajstić information content (AvgIpc) is 2.82. The van der Waals surface area contributed by atoms with E-state index in [1.54, 1.807) is 33.1 Å². The van der Waals surface area contributed by atoms with Gasteiger partial charge in [0.05, 0.1) is 27.0 Å². The molecule has 0 spiro atoms. The van der Waals surface area contributed by atoms with Gasteiger partial charge in [0, 0.05) is 37.5 Å². The van der Waals surface area contributed by atoms with Gasteiger partial charge in [-0.2, -0.15) is 5.26 Å². The zero-order chi connectivity index (χ0) is 23.1. The minimum Gasteiger partial charge on any atom is -0.493 e. The Kier molecular flexibility index (Phi) is 8.42. The summed E-state index contributed by atoms with van der Waals surface area (Å²) in [4.78, 5) is 11.8. The van der Waals surface area contributed by atoms with Crippen molar-refractivity contribution in [2.75, 3.05) is 58.2 Å². The number of thioether (sulfide) groups is 1. The number of nitrogens with zero attached hydrogens (tertiary/aromatic N) is 4. The van der Waals surface area contributed by atoms with Crippen LogP contribution in [0.25, 0.3) is 11.3 Å². The number of piperazine rings is 1.